The van der Waals surface area contributed by atoms with E-state index in [1.165, 1.54) is 0 Å². The number of aromatic amines is 1. The fourth-order valence-corrected chi connectivity index (χ4v) is 2.73. The van der Waals surface area contributed by atoms with Crippen LogP contribution in [-0.4, -0.2) is 20.0 Å². The summed E-state index contributed by atoms with van der Waals surface area (Å²) < 4.78 is 2.79. The number of anilines is 1. The molecule has 0 aliphatic heterocycles. The zero-order valence-electron chi connectivity index (χ0n) is 11.2. The van der Waals surface area contributed by atoms with E-state index < -0.39 is 0 Å². The van der Waals surface area contributed by atoms with E-state index in [0.29, 0.717) is 5.82 Å². The van der Waals surface area contributed by atoms with Crippen molar-refractivity contribution in [1.82, 2.24) is 20.0 Å². The SMILES string of the molecule is Cc1nn(C)cc1-c1[nH]nc(N)c1-c1cccc(Br)c1. The first-order valence-electron chi connectivity index (χ1n) is 6.16. The van der Waals surface area contributed by atoms with Crippen molar-refractivity contribution in [2.75, 3.05) is 5.73 Å². The van der Waals surface area contributed by atoms with Crippen molar-refractivity contribution in [2.45, 2.75) is 6.92 Å². The Morgan fingerprint density at radius 1 is 1.35 bits per heavy atom. The average Bonchev–Trinajstić information content (AvgIpc) is 2.92. The number of nitrogens with zero attached hydrogens (tertiary/aromatic N) is 3. The maximum Gasteiger partial charge on any atom is 0.153 e. The molecular formula is C14H14BrN5. The number of nitrogen functional groups attached to an aromatic ring is 1. The highest BCUT2D eigenvalue weighted by molar-refractivity contribution is 9.10. The molecule has 0 saturated heterocycles. The number of nitrogens with one attached hydrogen (secondary N) is 1. The second kappa shape index (κ2) is 4.79. The molecule has 6 heteroatoms. The quantitative estimate of drug-likeness (QED) is 0.757. The van der Waals surface area contributed by atoms with Gasteiger partial charge in [0.25, 0.3) is 0 Å². The minimum absolute atomic E-state index is 0.487. The molecule has 5 nitrogen and oxygen atoms in total. The molecule has 0 aliphatic carbocycles. The van der Waals surface area contributed by atoms with Crippen LogP contribution in [-0.2, 0) is 7.05 Å². The van der Waals surface area contributed by atoms with Gasteiger partial charge in [0.05, 0.1) is 17.0 Å². The molecule has 1 aromatic carbocycles. The molecule has 20 heavy (non-hydrogen) atoms. The molecule has 2 aromatic heterocycles. The summed E-state index contributed by atoms with van der Waals surface area (Å²) in [6, 6.07) is 8.00. The molecule has 0 aliphatic rings. The maximum atomic E-state index is 6.03. The summed E-state index contributed by atoms with van der Waals surface area (Å²) in [4.78, 5) is 0. The number of aryl methyl sites for hydroxylation is 2. The molecule has 0 fully saturated rings. The highest BCUT2D eigenvalue weighted by atomic mass is 79.9. The van der Waals surface area contributed by atoms with E-state index >= 15 is 0 Å². The van der Waals surface area contributed by atoms with E-state index in [9.17, 15) is 0 Å². The Morgan fingerprint density at radius 2 is 2.15 bits per heavy atom. The first-order valence-corrected chi connectivity index (χ1v) is 6.96. The fraction of sp³-hybridized carbons (Fsp3) is 0.143. The van der Waals surface area contributed by atoms with Gasteiger partial charge in [0.1, 0.15) is 0 Å². The molecule has 102 valence electrons. The highest BCUT2D eigenvalue weighted by Crippen LogP contribution is 2.36. The van der Waals surface area contributed by atoms with Crippen LogP contribution >= 0.6 is 15.9 Å². The molecule has 0 spiro atoms. The van der Waals surface area contributed by atoms with Crippen molar-refractivity contribution in [2.24, 2.45) is 7.05 Å². The van der Waals surface area contributed by atoms with Crippen molar-refractivity contribution in [3.63, 3.8) is 0 Å². The van der Waals surface area contributed by atoms with Gasteiger partial charge in [-0.2, -0.15) is 10.2 Å². The van der Waals surface area contributed by atoms with E-state index in [4.69, 9.17) is 5.73 Å². The number of benzene rings is 1. The van der Waals surface area contributed by atoms with Crippen LogP contribution in [0.4, 0.5) is 5.82 Å². The maximum absolute atomic E-state index is 6.03. The second-order valence-electron chi connectivity index (χ2n) is 4.67. The zero-order valence-corrected chi connectivity index (χ0v) is 12.8. The number of rotatable bonds is 2. The summed E-state index contributed by atoms with van der Waals surface area (Å²) in [5.74, 6) is 0.487. The van der Waals surface area contributed by atoms with E-state index in [1.807, 2.05) is 44.4 Å². The molecule has 3 N–H and O–H groups in total. The van der Waals surface area contributed by atoms with Crippen LogP contribution in [0.25, 0.3) is 22.4 Å². The molecule has 0 saturated carbocycles. The fourth-order valence-electron chi connectivity index (χ4n) is 2.33. The van der Waals surface area contributed by atoms with Crippen LogP contribution in [0, 0.1) is 6.92 Å². The topological polar surface area (TPSA) is 72.5 Å². The number of H-pyrrole nitrogens is 1. The number of aromatic nitrogens is 4. The second-order valence-corrected chi connectivity index (χ2v) is 5.59. The van der Waals surface area contributed by atoms with Gasteiger partial charge in [-0.25, -0.2) is 0 Å². The monoisotopic (exact) mass is 331 g/mol. The lowest BCUT2D eigenvalue weighted by Gasteiger charge is -2.04. The Bertz CT molecular complexity index is 772. The molecule has 0 atom stereocenters. The van der Waals surface area contributed by atoms with Crippen molar-refractivity contribution in [3.05, 3.63) is 40.6 Å². The smallest absolute Gasteiger partial charge is 0.153 e. The summed E-state index contributed by atoms with van der Waals surface area (Å²) in [5.41, 5.74) is 10.8. The van der Waals surface area contributed by atoms with Crippen LogP contribution in [0.1, 0.15) is 5.69 Å². The number of hydrogen-bond donors (Lipinski definition) is 2. The van der Waals surface area contributed by atoms with Gasteiger partial charge in [-0.05, 0) is 24.6 Å². The molecule has 3 rings (SSSR count). The molecule has 0 unspecified atom stereocenters. The van der Waals surface area contributed by atoms with Gasteiger partial charge < -0.3 is 5.73 Å². The van der Waals surface area contributed by atoms with Crippen molar-refractivity contribution >= 4 is 21.7 Å². The van der Waals surface area contributed by atoms with Gasteiger partial charge in [0.15, 0.2) is 5.82 Å². The van der Waals surface area contributed by atoms with Gasteiger partial charge in [-0.3, -0.25) is 9.78 Å². The Kier molecular flexibility index (Phi) is 3.10. The first kappa shape index (κ1) is 12.9. The van der Waals surface area contributed by atoms with E-state index in [2.05, 4.69) is 31.2 Å². The minimum atomic E-state index is 0.487. The number of hydrogen-bond acceptors (Lipinski definition) is 3. The molecule has 2 heterocycles. The van der Waals surface area contributed by atoms with Crippen LogP contribution in [0.15, 0.2) is 34.9 Å². The first-order chi connectivity index (χ1) is 9.56. The van der Waals surface area contributed by atoms with Crippen LogP contribution in [0.2, 0.25) is 0 Å². The van der Waals surface area contributed by atoms with Gasteiger partial charge >= 0.3 is 0 Å². The van der Waals surface area contributed by atoms with Crippen molar-refractivity contribution in [3.8, 4) is 22.4 Å². The Balaban J connectivity index is 2.22. The largest absolute Gasteiger partial charge is 0.382 e. The van der Waals surface area contributed by atoms with Gasteiger partial charge in [-0.1, -0.05) is 28.1 Å². The van der Waals surface area contributed by atoms with E-state index in [-0.39, 0.29) is 0 Å². The van der Waals surface area contributed by atoms with Gasteiger partial charge in [-0.15, -0.1) is 0 Å². The standard InChI is InChI=1S/C14H14BrN5/c1-8-11(7-20(2)19-8)13-12(14(16)18-17-13)9-4-3-5-10(15)6-9/h3-7H,1-2H3,(H3,16,17,18). The van der Waals surface area contributed by atoms with Gasteiger partial charge in [0.2, 0.25) is 0 Å². The summed E-state index contributed by atoms with van der Waals surface area (Å²) in [6.45, 7) is 1.97. The molecular weight excluding hydrogens is 318 g/mol. The molecule has 0 radical (unpaired) electrons. The van der Waals surface area contributed by atoms with Crippen LogP contribution in [0.5, 0.6) is 0 Å². The lowest BCUT2D eigenvalue weighted by atomic mass is 10.0. The van der Waals surface area contributed by atoms with Gasteiger partial charge in [0, 0.05) is 23.3 Å². The molecule has 0 bridgehead atoms. The normalized spacial score (nSPS) is 10.9. The highest BCUT2D eigenvalue weighted by Gasteiger charge is 2.18. The Labute approximate surface area is 124 Å². The zero-order chi connectivity index (χ0) is 14.3. The van der Waals surface area contributed by atoms with E-state index in [1.54, 1.807) is 4.68 Å². The third-order valence-corrected chi connectivity index (χ3v) is 3.68. The third-order valence-electron chi connectivity index (χ3n) is 3.19. The summed E-state index contributed by atoms with van der Waals surface area (Å²) >= 11 is 3.48. The van der Waals surface area contributed by atoms with E-state index in [0.717, 1.165) is 32.6 Å². The summed E-state index contributed by atoms with van der Waals surface area (Å²) in [7, 11) is 1.90. The molecule has 0 amide bonds. The molecule has 3 aromatic rings. The lowest BCUT2D eigenvalue weighted by molar-refractivity contribution is 0.756. The van der Waals surface area contributed by atoms with Crippen LogP contribution in [0.3, 0.4) is 0 Å². The van der Waals surface area contributed by atoms with Crippen molar-refractivity contribution in [1.29, 1.82) is 0 Å². The minimum Gasteiger partial charge on any atom is -0.382 e. The van der Waals surface area contributed by atoms with Crippen molar-refractivity contribution < 1.29 is 0 Å². The predicted molar refractivity (Wildman–Crippen MR) is 83.1 cm³/mol. The lowest BCUT2D eigenvalue weighted by Crippen LogP contribution is -1.89. The number of halogens is 1. The number of nitrogens with two attached hydrogens (primary N) is 1. The summed E-state index contributed by atoms with van der Waals surface area (Å²) in [5, 5.41) is 11.5. The average molecular weight is 332 g/mol. The third kappa shape index (κ3) is 2.12. The Morgan fingerprint density at radius 3 is 2.80 bits per heavy atom. The predicted octanol–water partition coefficient (Wildman–Crippen LogP) is 3.13. The van der Waals surface area contributed by atoms with Crippen LogP contribution < -0.4 is 5.73 Å². The Hall–Kier alpha value is -2.08. The summed E-state index contributed by atoms with van der Waals surface area (Å²) in [6.07, 6.45) is 1.96.